The summed E-state index contributed by atoms with van der Waals surface area (Å²) in [5, 5.41) is 3.31. The van der Waals surface area contributed by atoms with Gasteiger partial charge < -0.3 is 9.88 Å². The predicted octanol–water partition coefficient (Wildman–Crippen LogP) is 2.22. The number of hydrogen-bond donors (Lipinski definition) is 1. The van der Waals surface area contributed by atoms with Gasteiger partial charge in [0.15, 0.2) is 0 Å². The number of anilines is 1. The quantitative estimate of drug-likeness (QED) is 0.852. The van der Waals surface area contributed by atoms with Crippen LogP contribution in [0, 0.1) is 6.92 Å². The Balaban J connectivity index is 2.04. The topological polar surface area (TPSA) is 42.7 Å². The Bertz CT molecular complexity index is 447. The SMILES string of the molecule is CCn1cc(C)nc1NCc1cccnc1. The summed E-state index contributed by atoms with van der Waals surface area (Å²) in [5.74, 6) is 0.920. The minimum absolute atomic E-state index is 0.754. The molecule has 0 saturated carbocycles. The molecule has 2 aromatic heterocycles. The average Bonchev–Trinajstić information content (AvgIpc) is 2.68. The molecule has 0 aliphatic heterocycles. The molecule has 0 spiro atoms. The fourth-order valence-corrected chi connectivity index (χ4v) is 1.61. The van der Waals surface area contributed by atoms with E-state index >= 15 is 0 Å². The van der Waals surface area contributed by atoms with Gasteiger partial charge in [0.2, 0.25) is 5.95 Å². The lowest BCUT2D eigenvalue weighted by atomic mass is 10.3. The van der Waals surface area contributed by atoms with Gasteiger partial charge in [-0.05, 0) is 25.5 Å². The van der Waals surface area contributed by atoms with Gasteiger partial charge in [0.25, 0.3) is 0 Å². The summed E-state index contributed by atoms with van der Waals surface area (Å²) in [4.78, 5) is 8.51. The van der Waals surface area contributed by atoms with Crippen molar-refractivity contribution in [2.75, 3.05) is 5.32 Å². The lowest BCUT2D eigenvalue weighted by Crippen LogP contribution is -2.06. The maximum absolute atomic E-state index is 4.43. The summed E-state index contributed by atoms with van der Waals surface area (Å²) in [5.41, 5.74) is 2.20. The third-order valence-corrected chi connectivity index (χ3v) is 2.41. The first-order valence-corrected chi connectivity index (χ1v) is 5.46. The Kier molecular flexibility index (Phi) is 3.19. The fraction of sp³-hybridized carbons (Fsp3) is 0.333. The van der Waals surface area contributed by atoms with Crippen LogP contribution in [0.5, 0.6) is 0 Å². The zero-order valence-corrected chi connectivity index (χ0v) is 9.64. The summed E-state index contributed by atoms with van der Waals surface area (Å²) >= 11 is 0. The van der Waals surface area contributed by atoms with Gasteiger partial charge in [-0.25, -0.2) is 4.98 Å². The second-order valence-corrected chi connectivity index (χ2v) is 3.71. The van der Waals surface area contributed by atoms with Crippen molar-refractivity contribution in [3.05, 3.63) is 42.0 Å². The van der Waals surface area contributed by atoms with Gasteiger partial charge in [-0.15, -0.1) is 0 Å². The summed E-state index contributed by atoms with van der Waals surface area (Å²) in [7, 11) is 0. The van der Waals surface area contributed by atoms with E-state index in [2.05, 4.69) is 26.8 Å². The largest absolute Gasteiger partial charge is 0.352 e. The Morgan fingerprint density at radius 1 is 1.44 bits per heavy atom. The molecule has 16 heavy (non-hydrogen) atoms. The van der Waals surface area contributed by atoms with Crippen molar-refractivity contribution in [2.24, 2.45) is 0 Å². The molecule has 0 radical (unpaired) electrons. The Labute approximate surface area is 95.4 Å². The van der Waals surface area contributed by atoms with Gasteiger partial charge in [0.05, 0.1) is 5.69 Å². The van der Waals surface area contributed by atoms with Crippen LogP contribution in [0.15, 0.2) is 30.7 Å². The first-order chi connectivity index (χ1) is 7.79. The van der Waals surface area contributed by atoms with Crippen molar-refractivity contribution in [1.29, 1.82) is 0 Å². The van der Waals surface area contributed by atoms with E-state index in [0.29, 0.717) is 0 Å². The van der Waals surface area contributed by atoms with Crippen LogP contribution in [-0.2, 0) is 13.1 Å². The molecule has 2 aromatic rings. The highest BCUT2D eigenvalue weighted by molar-refractivity contribution is 5.30. The van der Waals surface area contributed by atoms with Gasteiger partial charge in [0.1, 0.15) is 0 Å². The van der Waals surface area contributed by atoms with Crippen LogP contribution in [-0.4, -0.2) is 14.5 Å². The van der Waals surface area contributed by atoms with E-state index in [4.69, 9.17) is 0 Å². The zero-order valence-electron chi connectivity index (χ0n) is 9.64. The van der Waals surface area contributed by atoms with E-state index in [1.807, 2.05) is 31.5 Å². The van der Waals surface area contributed by atoms with Gasteiger partial charge in [-0.2, -0.15) is 0 Å². The van der Waals surface area contributed by atoms with Crippen molar-refractivity contribution >= 4 is 5.95 Å². The van der Waals surface area contributed by atoms with Gasteiger partial charge in [-0.3, -0.25) is 4.98 Å². The molecular weight excluding hydrogens is 200 g/mol. The highest BCUT2D eigenvalue weighted by Crippen LogP contribution is 2.09. The van der Waals surface area contributed by atoms with E-state index in [1.165, 1.54) is 0 Å². The second kappa shape index (κ2) is 4.79. The zero-order chi connectivity index (χ0) is 11.4. The molecule has 0 aliphatic carbocycles. The lowest BCUT2D eigenvalue weighted by molar-refractivity contribution is 0.762. The molecule has 2 rings (SSSR count). The number of rotatable bonds is 4. The number of nitrogens with zero attached hydrogens (tertiary/aromatic N) is 3. The minimum atomic E-state index is 0.754. The molecule has 84 valence electrons. The molecule has 0 fully saturated rings. The van der Waals surface area contributed by atoms with Crippen molar-refractivity contribution < 1.29 is 0 Å². The Morgan fingerprint density at radius 2 is 2.31 bits per heavy atom. The first-order valence-electron chi connectivity index (χ1n) is 5.46. The van der Waals surface area contributed by atoms with E-state index in [1.54, 1.807) is 6.20 Å². The number of nitrogens with one attached hydrogen (secondary N) is 1. The highest BCUT2D eigenvalue weighted by atomic mass is 15.2. The maximum Gasteiger partial charge on any atom is 0.203 e. The molecule has 1 N–H and O–H groups in total. The van der Waals surface area contributed by atoms with Crippen LogP contribution in [0.2, 0.25) is 0 Å². The van der Waals surface area contributed by atoms with Crippen LogP contribution >= 0.6 is 0 Å². The molecular formula is C12H16N4. The molecule has 0 aliphatic rings. The maximum atomic E-state index is 4.43. The average molecular weight is 216 g/mol. The van der Waals surface area contributed by atoms with Gasteiger partial charge in [0, 0.05) is 31.7 Å². The lowest BCUT2D eigenvalue weighted by Gasteiger charge is -2.07. The van der Waals surface area contributed by atoms with E-state index in [-0.39, 0.29) is 0 Å². The van der Waals surface area contributed by atoms with Crippen LogP contribution in [0.3, 0.4) is 0 Å². The first kappa shape index (κ1) is 10.7. The van der Waals surface area contributed by atoms with Crippen molar-refractivity contribution in [2.45, 2.75) is 26.9 Å². The summed E-state index contributed by atoms with van der Waals surface area (Å²) in [6.45, 7) is 5.79. The van der Waals surface area contributed by atoms with Gasteiger partial charge >= 0.3 is 0 Å². The molecule has 0 aromatic carbocycles. The number of imidazole rings is 1. The predicted molar refractivity (Wildman–Crippen MR) is 64.2 cm³/mol. The van der Waals surface area contributed by atoms with Crippen molar-refractivity contribution in [1.82, 2.24) is 14.5 Å². The van der Waals surface area contributed by atoms with E-state index in [0.717, 1.165) is 30.3 Å². The molecule has 4 heteroatoms. The fourth-order valence-electron chi connectivity index (χ4n) is 1.61. The normalized spacial score (nSPS) is 10.4. The number of aryl methyl sites for hydroxylation is 2. The molecule has 0 saturated heterocycles. The third-order valence-electron chi connectivity index (χ3n) is 2.41. The summed E-state index contributed by atoms with van der Waals surface area (Å²) in [6, 6.07) is 3.99. The molecule has 0 bridgehead atoms. The number of pyridine rings is 1. The summed E-state index contributed by atoms with van der Waals surface area (Å²) < 4.78 is 2.10. The molecule has 0 amide bonds. The number of aromatic nitrogens is 3. The monoisotopic (exact) mass is 216 g/mol. The van der Waals surface area contributed by atoms with Crippen LogP contribution in [0.4, 0.5) is 5.95 Å². The number of hydrogen-bond acceptors (Lipinski definition) is 3. The van der Waals surface area contributed by atoms with Crippen LogP contribution < -0.4 is 5.32 Å². The Morgan fingerprint density at radius 3 is 3.00 bits per heavy atom. The molecule has 4 nitrogen and oxygen atoms in total. The smallest absolute Gasteiger partial charge is 0.203 e. The van der Waals surface area contributed by atoms with E-state index in [9.17, 15) is 0 Å². The van der Waals surface area contributed by atoms with Crippen LogP contribution in [0.25, 0.3) is 0 Å². The third kappa shape index (κ3) is 2.39. The minimum Gasteiger partial charge on any atom is -0.352 e. The van der Waals surface area contributed by atoms with Gasteiger partial charge in [-0.1, -0.05) is 6.07 Å². The summed E-state index contributed by atoms with van der Waals surface area (Å²) in [6.07, 6.45) is 5.69. The molecule has 0 atom stereocenters. The van der Waals surface area contributed by atoms with Crippen molar-refractivity contribution in [3.63, 3.8) is 0 Å². The second-order valence-electron chi connectivity index (χ2n) is 3.71. The van der Waals surface area contributed by atoms with Crippen LogP contribution in [0.1, 0.15) is 18.2 Å². The highest BCUT2D eigenvalue weighted by Gasteiger charge is 2.02. The van der Waals surface area contributed by atoms with E-state index < -0.39 is 0 Å². The molecule has 0 unspecified atom stereocenters. The standard InChI is InChI=1S/C12H16N4/c1-3-16-9-10(2)15-12(16)14-8-11-5-4-6-13-7-11/h4-7,9H,3,8H2,1-2H3,(H,14,15). The molecule has 2 heterocycles. The van der Waals surface area contributed by atoms with Crippen molar-refractivity contribution in [3.8, 4) is 0 Å². The Hall–Kier alpha value is -1.84.